The van der Waals surface area contributed by atoms with Gasteiger partial charge in [0.2, 0.25) is 0 Å². The predicted octanol–water partition coefficient (Wildman–Crippen LogP) is 4.00. The summed E-state index contributed by atoms with van der Waals surface area (Å²) in [6.45, 7) is 5.90. The van der Waals surface area contributed by atoms with Crippen LogP contribution in [0.25, 0.3) is 0 Å². The Bertz CT molecular complexity index is 805. The molecule has 0 unspecified atom stereocenters. The normalized spacial score (nSPS) is 10.5. The Morgan fingerprint density at radius 2 is 1.75 bits per heavy atom. The van der Waals surface area contributed by atoms with Gasteiger partial charge in [-0.1, -0.05) is 23.7 Å². The van der Waals surface area contributed by atoms with Crippen LogP contribution in [0.4, 0.5) is 0 Å². The maximum atomic E-state index is 12.3. The highest BCUT2D eigenvalue weighted by molar-refractivity contribution is 6.30. The van der Waals surface area contributed by atoms with Gasteiger partial charge in [0, 0.05) is 10.6 Å². The second-order valence-corrected chi connectivity index (χ2v) is 6.67. The Hall–Kier alpha value is -2.73. The Kier molecular flexibility index (Phi) is 8.14. The van der Waals surface area contributed by atoms with Crippen LogP contribution in [0.15, 0.2) is 42.5 Å². The molecule has 7 heteroatoms. The fourth-order valence-electron chi connectivity index (χ4n) is 2.34. The van der Waals surface area contributed by atoms with Crippen molar-refractivity contribution in [3.05, 3.63) is 58.6 Å². The van der Waals surface area contributed by atoms with Crippen LogP contribution in [0.1, 0.15) is 36.7 Å². The number of benzene rings is 2. The van der Waals surface area contributed by atoms with E-state index in [1.807, 2.05) is 19.1 Å². The molecule has 1 amide bonds. The Balaban J connectivity index is 2.03. The molecule has 0 fully saturated rings. The molecule has 0 atom stereocenters. The van der Waals surface area contributed by atoms with Crippen molar-refractivity contribution in [2.45, 2.75) is 33.5 Å². The molecule has 150 valence electrons. The molecule has 0 bridgehead atoms. The number of halogens is 1. The molecule has 0 aromatic heterocycles. The van der Waals surface area contributed by atoms with Gasteiger partial charge in [-0.15, -0.1) is 0 Å². The highest BCUT2D eigenvalue weighted by Gasteiger charge is 2.14. The largest absolute Gasteiger partial charge is 0.490 e. The minimum atomic E-state index is -0.490. The van der Waals surface area contributed by atoms with Gasteiger partial charge >= 0.3 is 5.97 Å². The number of nitrogens with one attached hydrogen (secondary N) is 1. The van der Waals surface area contributed by atoms with Crippen LogP contribution in [-0.2, 0) is 16.1 Å². The first kappa shape index (κ1) is 21.6. The summed E-state index contributed by atoms with van der Waals surface area (Å²) >= 11 is 5.88. The number of hydrogen-bond acceptors (Lipinski definition) is 5. The van der Waals surface area contributed by atoms with E-state index in [0.29, 0.717) is 35.3 Å². The van der Waals surface area contributed by atoms with Gasteiger partial charge in [-0.05, 0) is 56.7 Å². The molecule has 2 rings (SSSR count). The van der Waals surface area contributed by atoms with Crippen LogP contribution in [0.5, 0.6) is 11.5 Å². The first-order valence-corrected chi connectivity index (χ1v) is 9.38. The van der Waals surface area contributed by atoms with Crippen molar-refractivity contribution in [2.75, 3.05) is 13.2 Å². The summed E-state index contributed by atoms with van der Waals surface area (Å²) in [7, 11) is 0. The molecule has 0 saturated heterocycles. The van der Waals surface area contributed by atoms with Gasteiger partial charge < -0.3 is 19.5 Å². The number of ether oxygens (including phenoxy) is 3. The molecule has 28 heavy (non-hydrogen) atoms. The van der Waals surface area contributed by atoms with Gasteiger partial charge in [-0.2, -0.15) is 0 Å². The monoisotopic (exact) mass is 405 g/mol. The molecular formula is C21H24ClNO5. The molecular weight excluding hydrogens is 382 g/mol. The van der Waals surface area contributed by atoms with Crippen molar-refractivity contribution in [3.63, 3.8) is 0 Å². The molecule has 6 nitrogen and oxygen atoms in total. The van der Waals surface area contributed by atoms with E-state index in [1.165, 1.54) is 0 Å². The number of amides is 1. The lowest BCUT2D eigenvalue weighted by atomic mass is 10.2. The molecule has 0 aliphatic carbocycles. The molecule has 0 spiro atoms. The molecule has 2 aromatic carbocycles. The number of carbonyl (C=O) groups excluding carboxylic acids is 2. The number of rotatable bonds is 9. The maximum absolute atomic E-state index is 12.3. The number of esters is 1. The molecule has 0 heterocycles. The van der Waals surface area contributed by atoms with Crippen LogP contribution in [0, 0.1) is 0 Å². The first-order valence-electron chi connectivity index (χ1n) is 9.00. The van der Waals surface area contributed by atoms with E-state index in [4.69, 9.17) is 25.8 Å². The number of hydrogen-bond donors (Lipinski definition) is 1. The van der Waals surface area contributed by atoms with Crippen LogP contribution in [-0.4, -0.2) is 31.1 Å². The fraction of sp³-hybridized carbons (Fsp3) is 0.333. The third kappa shape index (κ3) is 6.78. The topological polar surface area (TPSA) is 73.9 Å². The van der Waals surface area contributed by atoms with Crippen molar-refractivity contribution in [2.24, 2.45) is 0 Å². The second kappa shape index (κ2) is 10.6. The summed E-state index contributed by atoms with van der Waals surface area (Å²) in [5.41, 5.74) is 1.32. The molecule has 0 aliphatic rings. The molecule has 0 aliphatic heterocycles. The zero-order valence-corrected chi connectivity index (χ0v) is 16.9. The lowest BCUT2D eigenvalue weighted by Gasteiger charge is -2.14. The van der Waals surface area contributed by atoms with Gasteiger partial charge in [0.05, 0.1) is 12.7 Å². The predicted molar refractivity (Wildman–Crippen MR) is 107 cm³/mol. The quantitative estimate of drug-likeness (QED) is 0.638. The third-order valence-electron chi connectivity index (χ3n) is 3.57. The highest BCUT2D eigenvalue weighted by Crippen LogP contribution is 2.29. The van der Waals surface area contributed by atoms with Crippen molar-refractivity contribution in [3.8, 4) is 11.5 Å². The Labute approximate surface area is 169 Å². The summed E-state index contributed by atoms with van der Waals surface area (Å²) in [4.78, 5) is 23.9. The number of carbonyl (C=O) groups is 2. The van der Waals surface area contributed by atoms with E-state index in [2.05, 4.69) is 5.32 Å². The van der Waals surface area contributed by atoms with E-state index < -0.39 is 11.9 Å². The lowest BCUT2D eigenvalue weighted by Crippen LogP contribution is -2.31. The lowest BCUT2D eigenvalue weighted by molar-refractivity contribution is -0.146. The van der Waals surface area contributed by atoms with Crippen LogP contribution in [0.2, 0.25) is 5.02 Å². The molecule has 0 radical (unpaired) electrons. The summed E-state index contributed by atoms with van der Waals surface area (Å²) in [6.07, 6.45) is -0.231. The average molecular weight is 406 g/mol. The van der Waals surface area contributed by atoms with E-state index in [9.17, 15) is 9.59 Å². The summed E-state index contributed by atoms with van der Waals surface area (Å²) in [5.74, 6) is 0.0867. The van der Waals surface area contributed by atoms with Gasteiger partial charge in [-0.3, -0.25) is 9.59 Å². The Morgan fingerprint density at radius 3 is 2.39 bits per heavy atom. The highest BCUT2D eigenvalue weighted by atomic mass is 35.5. The molecule has 0 saturated carbocycles. The van der Waals surface area contributed by atoms with Crippen molar-refractivity contribution in [1.82, 2.24) is 5.32 Å². The third-order valence-corrected chi connectivity index (χ3v) is 3.83. The van der Waals surface area contributed by atoms with Gasteiger partial charge in [0.25, 0.3) is 5.91 Å². The van der Waals surface area contributed by atoms with E-state index in [1.54, 1.807) is 44.2 Å². The minimum Gasteiger partial charge on any atom is -0.490 e. The molecule has 1 N–H and O–H groups in total. The van der Waals surface area contributed by atoms with Crippen molar-refractivity contribution in [1.29, 1.82) is 0 Å². The zero-order chi connectivity index (χ0) is 20.5. The van der Waals surface area contributed by atoms with Crippen LogP contribution < -0.4 is 14.8 Å². The first-order chi connectivity index (χ1) is 13.4. The van der Waals surface area contributed by atoms with E-state index in [0.717, 1.165) is 5.56 Å². The standard InChI is InChI=1S/C21H24ClNO5/c1-4-26-19-11-16(21(25)23-12-20(24)28-14(2)3)7-10-18(19)27-13-15-5-8-17(22)9-6-15/h5-11,14H,4,12-13H2,1-3H3,(H,23,25). The Morgan fingerprint density at radius 1 is 1.04 bits per heavy atom. The second-order valence-electron chi connectivity index (χ2n) is 6.23. The molecule has 2 aromatic rings. The van der Waals surface area contributed by atoms with Gasteiger partial charge in [0.15, 0.2) is 11.5 Å². The van der Waals surface area contributed by atoms with Crippen molar-refractivity contribution >= 4 is 23.5 Å². The van der Waals surface area contributed by atoms with Gasteiger partial charge in [0.1, 0.15) is 13.2 Å². The van der Waals surface area contributed by atoms with Crippen LogP contribution >= 0.6 is 11.6 Å². The summed E-state index contributed by atoms with van der Waals surface area (Å²) in [6, 6.07) is 12.2. The van der Waals surface area contributed by atoms with E-state index in [-0.39, 0.29) is 12.6 Å². The van der Waals surface area contributed by atoms with Gasteiger partial charge in [-0.25, -0.2) is 0 Å². The smallest absolute Gasteiger partial charge is 0.325 e. The van der Waals surface area contributed by atoms with E-state index >= 15 is 0 Å². The minimum absolute atomic E-state index is 0.199. The average Bonchev–Trinajstić information content (AvgIpc) is 2.66. The zero-order valence-electron chi connectivity index (χ0n) is 16.2. The maximum Gasteiger partial charge on any atom is 0.325 e. The summed E-state index contributed by atoms with van der Waals surface area (Å²) < 4.78 is 16.4. The fourth-order valence-corrected chi connectivity index (χ4v) is 2.46. The summed E-state index contributed by atoms with van der Waals surface area (Å²) in [5, 5.41) is 3.19. The van der Waals surface area contributed by atoms with Crippen LogP contribution in [0.3, 0.4) is 0 Å². The van der Waals surface area contributed by atoms with Crippen molar-refractivity contribution < 1.29 is 23.8 Å². The SMILES string of the molecule is CCOc1cc(C(=O)NCC(=O)OC(C)C)ccc1OCc1ccc(Cl)cc1.